The van der Waals surface area contributed by atoms with Crippen molar-refractivity contribution in [2.45, 2.75) is 51.6 Å². The molecule has 0 aliphatic carbocycles. The van der Waals surface area contributed by atoms with Crippen LogP contribution in [0.15, 0.2) is 18.3 Å². The fraction of sp³-hybridized carbons (Fsp3) is 0.619. The number of carbonyl (C=O) groups excluding carboxylic acids is 2. The number of hydrogen-bond donors (Lipinski definition) is 1. The molecule has 4 rings (SSSR count). The largest absolute Gasteiger partial charge is 0.353 e. The predicted molar refractivity (Wildman–Crippen MR) is 110 cm³/mol. The molecular weight excluding hydrogens is 368 g/mol. The third kappa shape index (κ3) is 4.12. The molecule has 0 bridgehead atoms. The van der Waals surface area contributed by atoms with Crippen LogP contribution in [-0.4, -0.2) is 75.1 Å². The standard InChI is InChI=1S/C21H30N6O2/c1-15(25-10-3-4-11-25)21(29)23-9-13-27-20-18(6-5-8-22-20)19(24-27)17-7-12-26(14-17)16(2)28/h5-6,8,15,17H,3-4,7,9-14H2,1-2H3,(H,23,29). The summed E-state index contributed by atoms with van der Waals surface area (Å²) in [5, 5.41) is 8.93. The van der Waals surface area contributed by atoms with Gasteiger partial charge in [0.05, 0.1) is 18.3 Å². The number of rotatable bonds is 6. The molecule has 1 N–H and O–H groups in total. The van der Waals surface area contributed by atoms with Gasteiger partial charge in [0.25, 0.3) is 0 Å². The van der Waals surface area contributed by atoms with Gasteiger partial charge in [-0.25, -0.2) is 9.67 Å². The highest BCUT2D eigenvalue weighted by Gasteiger charge is 2.29. The molecule has 2 atom stereocenters. The average molecular weight is 399 g/mol. The van der Waals surface area contributed by atoms with E-state index >= 15 is 0 Å². The van der Waals surface area contributed by atoms with Gasteiger partial charge in [0.15, 0.2) is 5.65 Å². The molecule has 8 heteroatoms. The topological polar surface area (TPSA) is 83.4 Å². The van der Waals surface area contributed by atoms with Gasteiger partial charge in [0, 0.05) is 44.1 Å². The lowest BCUT2D eigenvalue weighted by Crippen LogP contribution is -2.44. The molecule has 0 radical (unpaired) electrons. The molecule has 2 aliphatic rings. The van der Waals surface area contributed by atoms with Gasteiger partial charge in [-0.1, -0.05) is 0 Å². The van der Waals surface area contributed by atoms with Crippen LogP contribution in [0.3, 0.4) is 0 Å². The van der Waals surface area contributed by atoms with Gasteiger partial charge in [-0.2, -0.15) is 5.10 Å². The van der Waals surface area contributed by atoms with E-state index in [0.29, 0.717) is 19.6 Å². The highest BCUT2D eigenvalue weighted by atomic mass is 16.2. The number of aromatic nitrogens is 3. The number of pyridine rings is 1. The minimum Gasteiger partial charge on any atom is -0.353 e. The van der Waals surface area contributed by atoms with Gasteiger partial charge in [-0.05, 0) is 51.4 Å². The van der Waals surface area contributed by atoms with Crippen LogP contribution in [0, 0.1) is 0 Å². The predicted octanol–water partition coefficient (Wildman–Crippen LogP) is 1.37. The van der Waals surface area contributed by atoms with Crippen molar-refractivity contribution in [3.63, 3.8) is 0 Å². The van der Waals surface area contributed by atoms with Crippen LogP contribution in [0.2, 0.25) is 0 Å². The zero-order valence-corrected chi connectivity index (χ0v) is 17.3. The summed E-state index contributed by atoms with van der Waals surface area (Å²) in [5.41, 5.74) is 1.85. The zero-order chi connectivity index (χ0) is 20.4. The molecule has 2 unspecified atom stereocenters. The second-order valence-corrected chi connectivity index (χ2v) is 8.14. The van der Waals surface area contributed by atoms with Crippen LogP contribution in [-0.2, 0) is 16.1 Å². The molecule has 0 aromatic carbocycles. The Bertz CT molecular complexity index is 888. The lowest BCUT2D eigenvalue weighted by molar-refractivity contribution is -0.128. The first-order valence-corrected chi connectivity index (χ1v) is 10.6. The third-order valence-corrected chi connectivity index (χ3v) is 6.25. The Morgan fingerprint density at radius 2 is 2.07 bits per heavy atom. The van der Waals surface area contributed by atoms with E-state index in [-0.39, 0.29) is 23.8 Å². The summed E-state index contributed by atoms with van der Waals surface area (Å²) in [6.07, 6.45) is 5.04. The minimum atomic E-state index is -0.0865. The van der Waals surface area contributed by atoms with Crippen molar-refractivity contribution in [2.75, 3.05) is 32.7 Å². The molecule has 8 nitrogen and oxygen atoms in total. The molecule has 4 heterocycles. The normalized spacial score (nSPS) is 21.0. The van der Waals surface area contributed by atoms with Crippen molar-refractivity contribution < 1.29 is 9.59 Å². The first-order chi connectivity index (χ1) is 14.0. The van der Waals surface area contributed by atoms with Crippen molar-refractivity contribution in [3.8, 4) is 0 Å². The first-order valence-electron chi connectivity index (χ1n) is 10.6. The number of amides is 2. The summed E-state index contributed by atoms with van der Waals surface area (Å²) in [7, 11) is 0. The average Bonchev–Trinajstić information content (AvgIpc) is 3.47. The number of carbonyl (C=O) groups is 2. The summed E-state index contributed by atoms with van der Waals surface area (Å²) in [5.74, 6) is 0.422. The number of likely N-dealkylation sites (tertiary alicyclic amines) is 2. The van der Waals surface area contributed by atoms with Gasteiger partial charge in [-0.15, -0.1) is 0 Å². The fourth-order valence-electron chi connectivity index (χ4n) is 4.49. The van der Waals surface area contributed by atoms with E-state index in [1.165, 1.54) is 12.8 Å². The Balaban J connectivity index is 1.43. The molecule has 29 heavy (non-hydrogen) atoms. The van der Waals surface area contributed by atoms with Crippen molar-refractivity contribution in [1.82, 2.24) is 29.9 Å². The molecule has 2 aromatic rings. The second-order valence-electron chi connectivity index (χ2n) is 8.14. The lowest BCUT2D eigenvalue weighted by atomic mass is 10.0. The van der Waals surface area contributed by atoms with E-state index < -0.39 is 0 Å². The lowest BCUT2D eigenvalue weighted by Gasteiger charge is -2.22. The maximum Gasteiger partial charge on any atom is 0.237 e. The molecule has 2 saturated heterocycles. The zero-order valence-electron chi connectivity index (χ0n) is 17.3. The van der Waals surface area contributed by atoms with E-state index in [1.807, 2.05) is 28.6 Å². The number of nitrogens with one attached hydrogen (secondary N) is 1. The van der Waals surface area contributed by atoms with Gasteiger partial charge < -0.3 is 10.2 Å². The molecule has 156 valence electrons. The van der Waals surface area contributed by atoms with Crippen molar-refractivity contribution in [2.24, 2.45) is 0 Å². The summed E-state index contributed by atoms with van der Waals surface area (Å²) < 4.78 is 1.89. The molecule has 0 saturated carbocycles. The van der Waals surface area contributed by atoms with E-state index in [0.717, 1.165) is 42.8 Å². The highest BCUT2D eigenvalue weighted by Crippen LogP contribution is 2.31. The SMILES string of the molecule is CC(=O)N1CCC(c2nn(CCNC(=O)C(C)N3CCCC3)c3ncccc23)C1. The summed E-state index contributed by atoms with van der Waals surface area (Å²) in [4.78, 5) is 32.8. The van der Waals surface area contributed by atoms with Crippen LogP contribution in [0.4, 0.5) is 0 Å². The van der Waals surface area contributed by atoms with Crippen molar-refractivity contribution in [1.29, 1.82) is 0 Å². The Hall–Kier alpha value is -2.48. The quantitative estimate of drug-likeness (QED) is 0.795. The number of fused-ring (bicyclic) bond motifs is 1. The Labute approximate surface area is 171 Å². The second kappa shape index (κ2) is 8.49. The maximum atomic E-state index is 12.5. The van der Waals surface area contributed by atoms with Crippen molar-refractivity contribution in [3.05, 3.63) is 24.0 Å². The van der Waals surface area contributed by atoms with Crippen LogP contribution in [0.5, 0.6) is 0 Å². The van der Waals surface area contributed by atoms with E-state index in [1.54, 1.807) is 13.1 Å². The highest BCUT2D eigenvalue weighted by molar-refractivity contribution is 5.81. The van der Waals surface area contributed by atoms with Crippen LogP contribution >= 0.6 is 0 Å². The molecule has 2 amide bonds. The van der Waals surface area contributed by atoms with Crippen molar-refractivity contribution >= 4 is 22.8 Å². The Morgan fingerprint density at radius 1 is 1.28 bits per heavy atom. The summed E-state index contributed by atoms with van der Waals surface area (Å²) in [6, 6.07) is 3.89. The summed E-state index contributed by atoms with van der Waals surface area (Å²) >= 11 is 0. The monoisotopic (exact) mass is 398 g/mol. The van der Waals surface area contributed by atoms with Crippen LogP contribution < -0.4 is 5.32 Å². The first kappa shape index (κ1) is 19.8. The van der Waals surface area contributed by atoms with E-state index in [2.05, 4.69) is 15.2 Å². The van der Waals surface area contributed by atoms with E-state index in [4.69, 9.17) is 5.10 Å². The Kier molecular flexibility index (Phi) is 5.80. The molecule has 2 aliphatic heterocycles. The molecule has 2 aromatic heterocycles. The Morgan fingerprint density at radius 3 is 2.79 bits per heavy atom. The molecular formula is C21H30N6O2. The van der Waals surface area contributed by atoms with E-state index in [9.17, 15) is 9.59 Å². The van der Waals surface area contributed by atoms with Gasteiger partial charge in [0.1, 0.15) is 0 Å². The van der Waals surface area contributed by atoms with Gasteiger partial charge >= 0.3 is 0 Å². The van der Waals surface area contributed by atoms with Crippen LogP contribution in [0.1, 0.15) is 44.7 Å². The number of nitrogens with zero attached hydrogens (tertiary/aromatic N) is 5. The fourth-order valence-corrected chi connectivity index (χ4v) is 4.49. The van der Waals surface area contributed by atoms with Gasteiger partial charge in [-0.3, -0.25) is 14.5 Å². The number of hydrogen-bond acceptors (Lipinski definition) is 5. The third-order valence-electron chi connectivity index (χ3n) is 6.25. The minimum absolute atomic E-state index is 0.0736. The smallest absolute Gasteiger partial charge is 0.237 e. The van der Waals surface area contributed by atoms with Crippen LogP contribution in [0.25, 0.3) is 11.0 Å². The molecule has 2 fully saturated rings. The summed E-state index contributed by atoms with van der Waals surface area (Å²) in [6.45, 7) is 8.19. The van der Waals surface area contributed by atoms with Gasteiger partial charge in [0.2, 0.25) is 11.8 Å². The maximum absolute atomic E-state index is 12.5. The molecule has 0 spiro atoms.